The molecule has 0 radical (unpaired) electrons. The van der Waals surface area contributed by atoms with Gasteiger partial charge in [-0.25, -0.2) is 0 Å². The second-order valence-corrected chi connectivity index (χ2v) is 6.58. The Labute approximate surface area is 134 Å². The summed E-state index contributed by atoms with van der Waals surface area (Å²) in [7, 11) is 3.59. The van der Waals surface area contributed by atoms with Crippen LogP contribution in [-0.2, 0) is 11.8 Å². The summed E-state index contributed by atoms with van der Waals surface area (Å²) in [5.74, 6) is 1.95. The van der Waals surface area contributed by atoms with Crippen molar-refractivity contribution in [2.75, 3.05) is 7.11 Å². The second kappa shape index (κ2) is 6.52. The predicted molar refractivity (Wildman–Crippen MR) is 86.1 cm³/mol. The molecule has 22 heavy (non-hydrogen) atoms. The maximum absolute atomic E-state index is 12.0. The zero-order chi connectivity index (χ0) is 15.5. The number of methoxy groups -OCH3 is 1. The van der Waals surface area contributed by atoms with Crippen LogP contribution in [0.3, 0.4) is 0 Å². The van der Waals surface area contributed by atoms with Crippen LogP contribution in [0.5, 0.6) is 5.75 Å². The van der Waals surface area contributed by atoms with Crippen molar-refractivity contribution in [3.63, 3.8) is 0 Å². The second-order valence-electron chi connectivity index (χ2n) is 5.41. The minimum Gasteiger partial charge on any atom is -0.497 e. The highest BCUT2D eigenvalue weighted by molar-refractivity contribution is 8.00. The van der Waals surface area contributed by atoms with Crippen molar-refractivity contribution in [2.45, 2.75) is 36.1 Å². The van der Waals surface area contributed by atoms with Gasteiger partial charge in [-0.15, -0.1) is 10.2 Å². The highest BCUT2D eigenvalue weighted by Crippen LogP contribution is 2.32. The summed E-state index contributed by atoms with van der Waals surface area (Å²) < 4.78 is 7.12. The molecule has 0 spiro atoms. The molecular weight excluding hydrogens is 298 g/mol. The number of hydrogen-bond donors (Lipinski definition) is 0. The molecule has 0 bridgehead atoms. The first-order valence-corrected chi connectivity index (χ1v) is 8.30. The van der Waals surface area contributed by atoms with Gasteiger partial charge in [-0.2, -0.15) is 0 Å². The lowest BCUT2D eigenvalue weighted by atomic mass is 9.99. The van der Waals surface area contributed by atoms with Crippen molar-refractivity contribution in [3.8, 4) is 17.1 Å². The van der Waals surface area contributed by atoms with Gasteiger partial charge in [-0.1, -0.05) is 18.2 Å². The number of hydrogen-bond acceptors (Lipinski definition) is 5. The SMILES string of the molecule is COc1ccc(-c2nnc(S[C@H]3CCCCC3=O)n2C)cc1. The van der Waals surface area contributed by atoms with Gasteiger partial charge in [0.15, 0.2) is 11.0 Å². The average molecular weight is 317 g/mol. The van der Waals surface area contributed by atoms with E-state index in [0.29, 0.717) is 12.2 Å². The molecule has 1 saturated carbocycles. The molecule has 1 aromatic heterocycles. The zero-order valence-corrected chi connectivity index (χ0v) is 13.6. The predicted octanol–water partition coefficient (Wildman–Crippen LogP) is 3.09. The molecule has 1 aromatic carbocycles. The fraction of sp³-hybridized carbons (Fsp3) is 0.438. The molecule has 5 nitrogen and oxygen atoms in total. The third-order valence-electron chi connectivity index (χ3n) is 3.93. The fourth-order valence-corrected chi connectivity index (χ4v) is 3.73. The minimum absolute atomic E-state index is 0.0281. The molecule has 6 heteroatoms. The first-order valence-electron chi connectivity index (χ1n) is 7.42. The number of aromatic nitrogens is 3. The van der Waals surface area contributed by atoms with Crippen molar-refractivity contribution < 1.29 is 9.53 Å². The summed E-state index contributed by atoms with van der Waals surface area (Å²) >= 11 is 1.54. The molecule has 3 rings (SSSR count). The van der Waals surface area contributed by atoms with E-state index in [9.17, 15) is 4.79 Å². The highest BCUT2D eigenvalue weighted by atomic mass is 32.2. The Morgan fingerprint density at radius 2 is 2.00 bits per heavy atom. The number of carbonyl (C=O) groups excluding carboxylic acids is 1. The molecule has 0 unspecified atom stereocenters. The van der Waals surface area contributed by atoms with Gasteiger partial charge in [0.25, 0.3) is 0 Å². The van der Waals surface area contributed by atoms with Crippen LogP contribution in [0, 0.1) is 0 Å². The summed E-state index contributed by atoms with van der Waals surface area (Å²) in [5.41, 5.74) is 0.984. The number of nitrogens with zero attached hydrogens (tertiary/aromatic N) is 3. The molecule has 1 atom stereocenters. The van der Waals surface area contributed by atoms with E-state index < -0.39 is 0 Å². The smallest absolute Gasteiger partial charge is 0.191 e. The molecular formula is C16H19N3O2S. The van der Waals surface area contributed by atoms with Crippen LogP contribution < -0.4 is 4.74 Å². The maximum atomic E-state index is 12.0. The lowest BCUT2D eigenvalue weighted by Gasteiger charge is -2.19. The Morgan fingerprint density at radius 3 is 2.68 bits per heavy atom. The Kier molecular flexibility index (Phi) is 4.47. The first-order chi connectivity index (χ1) is 10.7. The van der Waals surface area contributed by atoms with Crippen LogP contribution in [0.1, 0.15) is 25.7 Å². The molecule has 0 N–H and O–H groups in total. The molecule has 1 aliphatic rings. The van der Waals surface area contributed by atoms with Crippen molar-refractivity contribution in [1.82, 2.24) is 14.8 Å². The standard InChI is InChI=1S/C16H19N3O2S/c1-19-15(11-7-9-12(21-2)10-8-11)17-18-16(19)22-14-6-4-3-5-13(14)20/h7-10,14H,3-6H2,1-2H3/t14-/m0/s1. The van der Waals surface area contributed by atoms with Crippen LogP contribution in [0.25, 0.3) is 11.4 Å². The first kappa shape index (κ1) is 15.1. The number of carbonyl (C=O) groups is 1. The Morgan fingerprint density at radius 1 is 1.23 bits per heavy atom. The van der Waals surface area contributed by atoms with Gasteiger partial charge in [0, 0.05) is 19.0 Å². The number of ketones is 1. The molecule has 1 aliphatic carbocycles. The Bertz CT molecular complexity index is 667. The van der Waals surface area contributed by atoms with E-state index in [-0.39, 0.29) is 5.25 Å². The van der Waals surface area contributed by atoms with E-state index in [0.717, 1.165) is 41.6 Å². The van der Waals surface area contributed by atoms with Crippen LogP contribution >= 0.6 is 11.8 Å². The summed E-state index contributed by atoms with van der Waals surface area (Å²) in [6.45, 7) is 0. The molecule has 2 aromatic rings. The van der Waals surface area contributed by atoms with Gasteiger partial charge in [0.2, 0.25) is 0 Å². The fourth-order valence-electron chi connectivity index (χ4n) is 2.61. The highest BCUT2D eigenvalue weighted by Gasteiger charge is 2.25. The number of Topliss-reactive ketones (excluding diaryl/α,β-unsaturated/α-hetero) is 1. The average Bonchev–Trinajstić information content (AvgIpc) is 2.91. The lowest BCUT2D eigenvalue weighted by molar-refractivity contribution is -0.119. The van der Waals surface area contributed by atoms with Crippen LogP contribution in [0.4, 0.5) is 0 Å². The molecule has 0 amide bonds. The molecule has 0 saturated heterocycles. The molecule has 1 fully saturated rings. The zero-order valence-electron chi connectivity index (χ0n) is 12.8. The third kappa shape index (κ3) is 3.02. The van der Waals surface area contributed by atoms with Gasteiger partial charge < -0.3 is 9.30 Å². The number of rotatable bonds is 4. The molecule has 116 valence electrons. The summed E-state index contributed by atoms with van der Waals surface area (Å²) in [6.07, 6.45) is 3.77. The maximum Gasteiger partial charge on any atom is 0.191 e. The van der Waals surface area contributed by atoms with Gasteiger partial charge in [0.05, 0.1) is 12.4 Å². The minimum atomic E-state index is 0.0281. The van der Waals surface area contributed by atoms with Crippen LogP contribution in [0.15, 0.2) is 29.4 Å². The van der Waals surface area contributed by atoms with Gasteiger partial charge in [-0.05, 0) is 37.1 Å². The van der Waals surface area contributed by atoms with E-state index in [1.165, 1.54) is 11.8 Å². The van der Waals surface area contributed by atoms with Crippen molar-refractivity contribution in [2.24, 2.45) is 7.05 Å². The van der Waals surface area contributed by atoms with Crippen molar-refractivity contribution in [1.29, 1.82) is 0 Å². The summed E-state index contributed by atoms with van der Waals surface area (Å²) in [4.78, 5) is 12.0. The van der Waals surface area contributed by atoms with Crippen molar-refractivity contribution in [3.05, 3.63) is 24.3 Å². The molecule has 1 heterocycles. The van der Waals surface area contributed by atoms with Crippen LogP contribution in [0.2, 0.25) is 0 Å². The largest absolute Gasteiger partial charge is 0.497 e. The lowest BCUT2D eigenvalue weighted by Crippen LogP contribution is -2.21. The Hall–Kier alpha value is -1.82. The van der Waals surface area contributed by atoms with Gasteiger partial charge >= 0.3 is 0 Å². The topological polar surface area (TPSA) is 57.0 Å². The van der Waals surface area contributed by atoms with Crippen molar-refractivity contribution >= 4 is 17.5 Å². The van der Waals surface area contributed by atoms with E-state index in [4.69, 9.17) is 4.74 Å². The van der Waals surface area contributed by atoms with Gasteiger partial charge in [-0.3, -0.25) is 4.79 Å². The third-order valence-corrected chi connectivity index (χ3v) is 5.28. The van der Waals surface area contributed by atoms with Crippen LogP contribution in [-0.4, -0.2) is 32.9 Å². The van der Waals surface area contributed by atoms with E-state index >= 15 is 0 Å². The van der Waals surface area contributed by atoms with E-state index in [1.54, 1.807) is 7.11 Å². The number of ether oxygens (including phenoxy) is 1. The van der Waals surface area contributed by atoms with E-state index in [1.807, 2.05) is 35.9 Å². The molecule has 0 aliphatic heterocycles. The normalized spacial score (nSPS) is 18.5. The quantitative estimate of drug-likeness (QED) is 0.867. The summed E-state index contributed by atoms with van der Waals surface area (Å²) in [6, 6.07) is 7.73. The van der Waals surface area contributed by atoms with E-state index in [2.05, 4.69) is 10.2 Å². The Balaban J connectivity index is 1.80. The monoisotopic (exact) mass is 317 g/mol. The summed E-state index contributed by atoms with van der Waals surface area (Å²) in [5, 5.41) is 9.35. The number of thioether (sulfide) groups is 1. The van der Waals surface area contributed by atoms with Gasteiger partial charge in [0.1, 0.15) is 11.5 Å². The number of benzene rings is 1.